The smallest absolute Gasteiger partial charge is 0.252 e. The number of aryl methyl sites for hydroxylation is 1. The molecule has 1 heterocycles. The van der Waals surface area contributed by atoms with E-state index < -0.39 is 0 Å². The molecule has 0 spiro atoms. The quantitative estimate of drug-likeness (QED) is 0.594. The molecule has 0 aromatic carbocycles. The van der Waals surface area contributed by atoms with Crippen molar-refractivity contribution < 1.29 is 0 Å². The van der Waals surface area contributed by atoms with Gasteiger partial charge in [-0.1, -0.05) is 0 Å². The van der Waals surface area contributed by atoms with Crippen LogP contribution in [0.25, 0.3) is 0 Å². The Morgan fingerprint density at radius 2 is 2.38 bits per heavy atom. The largest absolute Gasteiger partial charge is 0.369 e. The summed E-state index contributed by atoms with van der Waals surface area (Å²) in [6.07, 6.45) is 1.49. The molecular formula is C8H14N4O. The Labute approximate surface area is 76.2 Å². The summed E-state index contributed by atoms with van der Waals surface area (Å²) < 4.78 is 0. The van der Waals surface area contributed by atoms with Crippen LogP contribution in [0.4, 0.5) is 5.95 Å². The molecule has 0 saturated heterocycles. The highest BCUT2D eigenvalue weighted by Crippen LogP contribution is 1.99. The molecule has 0 fully saturated rings. The van der Waals surface area contributed by atoms with Gasteiger partial charge in [0.1, 0.15) is 0 Å². The van der Waals surface area contributed by atoms with Crippen LogP contribution < -0.4 is 17.0 Å². The van der Waals surface area contributed by atoms with Crippen molar-refractivity contribution in [2.24, 2.45) is 5.73 Å². The van der Waals surface area contributed by atoms with Crippen molar-refractivity contribution >= 4 is 5.95 Å². The lowest BCUT2D eigenvalue weighted by molar-refractivity contribution is 0.657. The van der Waals surface area contributed by atoms with E-state index in [1.807, 2.05) is 6.92 Å². The van der Waals surface area contributed by atoms with Gasteiger partial charge >= 0.3 is 0 Å². The fourth-order valence-corrected chi connectivity index (χ4v) is 1.03. The summed E-state index contributed by atoms with van der Waals surface area (Å²) in [5, 5.41) is 0. The van der Waals surface area contributed by atoms with Crippen LogP contribution in [0.3, 0.4) is 0 Å². The molecule has 1 rings (SSSR count). The van der Waals surface area contributed by atoms with Crippen LogP contribution in [0, 0.1) is 0 Å². The first-order valence-corrected chi connectivity index (χ1v) is 4.19. The maximum absolute atomic E-state index is 10.9. The molecule has 1 atom stereocenters. The van der Waals surface area contributed by atoms with Gasteiger partial charge in [-0.3, -0.25) is 9.78 Å². The summed E-state index contributed by atoms with van der Waals surface area (Å²) >= 11 is 0. The van der Waals surface area contributed by atoms with Gasteiger partial charge in [0.05, 0.1) is 0 Å². The van der Waals surface area contributed by atoms with E-state index in [9.17, 15) is 4.79 Å². The summed E-state index contributed by atoms with van der Waals surface area (Å²) in [4.78, 5) is 17.3. The molecule has 72 valence electrons. The fraction of sp³-hybridized carbons (Fsp3) is 0.500. The van der Waals surface area contributed by atoms with E-state index in [1.165, 1.54) is 6.07 Å². The number of rotatable bonds is 3. The number of nitrogen functional groups attached to an aromatic ring is 1. The van der Waals surface area contributed by atoms with Crippen molar-refractivity contribution in [1.29, 1.82) is 0 Å². The third kappa shape index (κ3) is 3.25. The van der Waals surface area contributed by atoms with Crippen LogP contribution in [0.5, 0.6) is 0 Å². The molecule has 0 aliphatic heterocycles. The summed E-state index contributed by atoms with van der Waals surface area (Å²) in [7, 11) is 0. The van der Waals surface area contributed by atoms with Crippen molar-refractivity contribution in [3.05, 3.63) is 22.1 Å². The fourth-order valence-electron chi connectivity index (χ4n) is 1.03. The Balaban J connectivity index is 2.72. The predicted molar refractivity (Wildman–Crippen MR) is 51.2 cm³/mol. The van der Waals surface area contributed by atoms with E-state index in [4.69, 9.17) is 11.5 Å². The number of anilines is 1. The number of hydrogen-bond donors (Lipinski definition) is 3. The van der Waals surface area contributed by atoms with Crippen LogP contribution in [0.15, 0.2) is 10.9 Å². The number of aromatic nitrogens is 2. The van der Waals surface area contributed by atoms with Crippen LogP contribution in [0.2, 0.25) is 0 Å². The first-order valence-electron chi connectivity index (χ1n) is 4.19. The molecule has 0 radical (unpaired) electrons. The lowest BCUT2D eigenvalue weighted by atomic mass is 10.1. The minimum absolute atomic E-state index is 0.113. The van der Waals surface area contributed by atoms with Gasteiger partial charge < -0.3 is 11.5 Å². The Morgan fingerprint density at radius 1 is 1.69 bits per heavy atom. The SMILES string of the molecule is CC(N)CCc1cc(=O)[nH]c(N)n1. The number of nitrogens with one attached hydrogen (secondary N) is 1. The highest BCUT2D eigenvalue weighted by atomic mass is 16.1. The third-order valence-electron chi connectivity index (χ3n) is 1.67. The van der Waals surface area contributed by atoms with Crippen molar-refractivity contribution in [2.75, 3.05) is 5.73 Å². The zero-order valence-corrected chi connectivity index (χ0v) is 7.58. The summed E-state index contributed by atoms with van der Waals surface area (Å²) in [5.41, 5.74) is 11.4. The van der Waals surface area contributed by atoms with Crippen molar-refractivity contribution in [3.8, 4) is 0 Å². The standard InChI is InChI=1S/C8H14N4O/c1-5(9)2-3-6-4-7(13)12-8(10)11-6/h4-5H,2-3,9H2,1H3,(H3,10,11,12,13). The average molecular weight is 182 g/mol. The summed E-state index contributed by atoms with van der Waals surface area (Å²) in [5.74, 6) is 0.159. The van der Waals surface area contributed by atoms with Gasteiger partial charge in [-0.25, -0.2) is 4.98 Å². The summed E-state index contributed by atoms with van der Waals surface area (Å²) in [6.45, 7) is 1.91. The minimum atomic E-state index is -0.216. The molecule has 5 nitrogen and oxygen atoms in total. The van der Waals surface area contributed by atoms with E-state index in [0.29, 0.717) is 12.1 Å². The number of nitrogens with zero attached hydrogens (tertiary/aromatic N) is 1. The van der Waals surface area contributed by atoms with Gasteiger partial charge in [0.15, 0.2) is 0 Å². The molecule has 13 heavy (non-hydrogen) atoms. The van der Waals surface area contributed by atoms with Gasteiger partial charge in [-0.2, -0.15) is 0 Å². The maximum atomic E-state index is 10.9. The van der Waals surface area contributed by atoms with Gasteiger partial charge in [-0.15, -0.1) is 0 Å². The molecule has 1 aromatic rings. The number of aromatic amines is 1. The second-order valence-corrected chi connectivity index (χ2v) is 3.14. The molecule has 0 aliphatic carbocycles. The number of hydrogen-bond acceptors (Lipinski definition) is 4. The van der Waals surface area contributed by atoms with Gasteiger partial charge in [0, 0.05) is 17.8 Å². The Kier molecular flexibility index (Phi) is 3.02. The van der Waals surface area contributed by atoms with Crippen LogP contribution in [-0.2, 0) is 6.42 Å². The molecule has 0 amide bonds. The first-order chi connectivity index (χ1) is 6.08. The van der Waals surface area contributed by atoms with Crippen LogP contribution in [0.1, 0.15) is 19.0 Å². The normalized spacial score (nSPS) is 12.8. The average Bonchev–Trinajstić information content (AvgIpc) is 1.99. The van der Waals surface area contributed by atoms with Gasteiger partial charge in [-0.05, 0) is 19.8 Å². The van der Waals surface area contributed by atoms with Gasteiger partial charge in [0.25, 0.3) is 5.56 Å². The number of nitrogens with two attached hydrogens (primary N) is 2. The third-order valence-corrected chi connectivity index (χ3v) is 1.67. The molecule has 5 heteroatoms. The van der Waals surface area contributed by atoms with E-state index in [-0.39, 0.29) is 17.5 Å². The van der Waals surface area contributed by atoms with Crippen molar-refractivity contribution in [2.45, 2.75) is 25.8 Å². The first kappa shape index (κ1) is 9.73. The van der Waals surface area contributed by atoms with E-state index in [2.05, 4.69) is 9.97 Å². The molecule has 1 aromatic heterocycles. The van der Waals surface area contributed by atoms with E-state index >= 15 is 0 Å². The Hall–Kier alpha value is -1.36. The Morgan fingerprint density at radius 3 is 2.92 bits per heavy atom. The highest BCUT2D eigenvalue weighted by molar-refractivity contribution is 5.17. The molecule has 0 aliphatic rings. The van der Waals surface area contributed by atoms with E-state index in [1.54, 1.807) is 0 Å². The Bertz CT molecular complexity index is 331. The lowest BCUT2D eigenvalue weighted by Crippen LogP contribution is -2.17. The second kappa shape index (κ2) is 4.04. The summed E-state index contributed by atoms with van der Waals surface area (Å²) in [6, 6.07) is 1.56. The zero-order chi connectivity index (χ0) is 9.84. The van der Waals surface area contributed by atoms with E-state index in [0.717, 1.165) is 6.42 Å². The molecule has 1 unspecified atom stereocenters. The lowest BCUT2D eigenvalue weighted by Gasteiger charge is -2.03. The molecule has 0 saturated carbocycles. The highest BCUT2D eigenvalue weighted by Gasteiger charge is 2.00. The predicted octanol–water partition coefficient (Wildman–Crippen LogP) is -0.368. The molecular weight excluding hydrogens is 168 g/mol. The topological polar surface area (TPSA) is 97.8 Å². The number of H-pyrrole nitrogens is 1. The maximum Gasteiger partial charge on any atom is 0.252 e. The molecule has 0 bridgehead atoms. The van der Waals surface area contributed by atoms with Crippen LogP contribution >= 0.6 is 0 Å². The van der Waals surface area contributed by atoms with Crippen LogP contribution in [-0.4, -0.2) is 16.0 Å². The zero-order valence-electron chi connectivity index (χ0n) is 7.58. The van der Waals surface area contributed by atoms with Gasteiger partial charge in [0.2, 0.25) is 5.95 Å². The molecule has 5 N–H and O–H groups in total. The second-order valence-electron chi connectivity index (χ2n) is 3.14. The van der Waals surface area contributed by atoms with Crippen molar-refractivity contribution in [1.82, 2.24) is 9.97 Å². The monoisotopic (exact) mass is 182 g/mol. The van der Waals surface area contributed by atoms with Crippen molar-refractivity contribution in [3.63, 3.8) is 0 Å². The minimum Gasteiger partial charge on any atom is -0.369 e.